The van der Waals surface area contributed by atoms with E-state index in [1.165, 1.54) is 0 Å². The first-order chi connectivity index (χ1) is 7.28. The van der Waals surface area contributed by atoms with Gasteiger partial charge in [-0.1, -0.05) is 13.8 Å². The van der Waals surface area contributed by atoms with Gasteiger partial charge in [-0.15, -0.1) is 11.8 Å². The Balaban J connectivity index is 3.71. The Morgan fingerprint density at radius 2 is 1.93 bits per heavy atom. The summed E-state index contributed by atoms with van der Waals surface area (Å²) in [6.45, 7) is 9.60. The van der Waals surface area contributed by atoms with Gasteiger partial charge in [0.2, 0.25) is 0 Å². The van der Waals surface area contributed by atoms with Gasteiger partial charge < -0.3 is 4.90 Å². The molecule has 0 aromatic heterocycles. The Morgan fingerprint density at radius 3 is 2.40 bits per heavy atom. The summed E-state index contributed by atoms with van der Waals surface area (Å²) in [6, 6.07) is 0.395. The molecule has 1 atom stereocenters. The molecule has 0 heterocycles. The normalized spacial score (nSPS) is 12.3. The smallest absolute Gasteiger partial charge is 0.0231 e. The third-order valence-electron chi connectivity index (χ3n) is 2.72. The first-order valence-corrected chi connectivity index (χ1v) is 5.86. The molecule has 0 aliphatic rings. The van der Waals surface area contributed by atoms with Gasteiger partial charge in [0, 0.05) is 12.5 Å². The molecule has 0 saturated heterocycles. The number of nitrogens with one attached hydrogen (secondary N) is 1. The monoisotopic (exact) mass is 211 g/mol. The lowest BCUT2D eigenvalue weighted by molar-refractivity contribution is 0.278. The van der Waals surface area contributed by atoms with Crippen molar-refractivity contribution in [1.29, 1.82) is 0 Å². The van der Waals surface area contributed by atoms with Crippen molar-refractivity contribution in [1.82, 2.24) is 10.3 Å². The van der Waals surface area contributed by atoms with E-state index in [1.807, 2.05) is 6.92 Å². The summed E-state index contributed by atoms with van der Waals surface area (Å²) in [5.41, 5.74) is 2.87. The zero-order chi connectivity index (χ0) is 11.5. The lowest BCUT2D eigenvalue weighted by Crippen LogP contribution is -2.38. The SMILES string of the molecule is CC#CCCC(CCN(CC)CC)NN. The van der Waals surface area contributed by atoms with Crippen molar-refractivity contribution in [2.75, 3.05) is 19.6 Å². The summed E-state index contributed by atoms with van der Waals surface area (Å²) < 4.78 is 0. The first-order valence-electron chi connectivity index (χ1n) is 5.86. The minimum Gasteiger partial charge on any atom is -0.304 e. The molecule has 0 amide bonds. The van der Waals surface area contributed by atoms with Crippen molar-refractivity contribution in [2.24, 2.45) is 5.84 Å². The molecule has 0 aliphatic heterocycles. The fourth-order valence-electron chi connectivity index (χ4n) is 1.56. The van der Waals surface area contributed by atoms with E-state index in [-0.39, 0.29) is 0 Å². The van der Waals surface area contributed by atoms with Crippen molar-refractivity contribution in [2.45, 2.75) is 46.1 Å². The van der Waals surface area contributed by atoms with Gasteiger partial charge in [0.25, 0.3) is 0 Å². The van der Waals surface area contributed by atoms with Crippen LogP contribution in [0.25, 0.3) is 0 Å². The van der Waals surface area contributed by atoms with Crippen LogP contribution in [0.2, 0.25) is 0 Å². The minimum atomic E-state index is 0.395. The molecule has 0 fully saturated rings. The molecule has 0 bridgehead atoms. The highest BCUT2D eigenvalue weighted by atomic mass is 15.2. The Kier molecular flexibility index (Phi) is 9.60. The van der Waals surface area contributed by atoms with Crippen molar-refractivity contribution in [3.05, 3.63) is 0 Å². The van der Waals surface area contributed by atoms with Gasteiger partial charge >= 0.3 is 0 Å². The quantitative estimate of drug-likeness (QED) is 0.362. The Bertz CT molecular complexity index is 189. The molecular formula is C12H25N3. The largest absolute Gasteiger partial charge is 0.304 e. The van der Waals surface area contributed by atoms with Crippen LogP contribution >= 0.6 is 0 Å². The fourth-order valence-corrected chi connectivity index (χ4v) is 1.56. The van der Waals surface area contributed by atoms with Crippen molar-refractivity contribution in [3.8, 4) is 11.8 Å². The molecule has 1 unspecified atom stereocenters. The number of hydrazine groups is 1. The van der Waals surface area contributed by atoms with Crippen LogP contribution in [0.15, 0.2) is 0 Å². The molecule has 0 spiro atoms. The van der Waals surface area contributed by atoms with Crippen LogP contribution in [0.4, 0.5) is 0 Å². The van der Waals surface area contributed by atoms with Crippen LogP contribution in [-0.2, 0) is 0 Å². The van der Waals surface area contributed by atoms with Crippen LogP contribution in [0, 0.1) is 11.8 Å². The van der Waals surface area contributed by atoms with Gasteiger partial charge in [-0.25, -0.2) is 0 Å². The van der Waals surface area contributed by atoms with Crippen LogP contribution < -0.4 is 11.3 Å². The summed E-state index contributed by atoms with van der Waals surface area (Å²) in [4.78, 5) is 2.41. The second-order valence-electron chi connectivity index (χ2n) is 3.64. The standard InChI is InChI=1S/C12H25N3/c1-4-7-8-9-12(14-13)10-11-15(5-2)6-3/h12,14H,5-6,8-11,13H2,1-3H3. The Labute approximate surface area is 94.4 Å². The number of rotatable bonds is 8. The number of nitrogens with zero attached hydrogens (tertiary/aromatic N) is 1. The number of nitrogens with two attached hydrogens (primary N) is 1. The molecule has 88 valence electrons. The molecule has 3 heteroatoms. The molecule has 15 heavy (non-hydrogen) atoms. The molecule has 0 radical (unpaired) electrons. The zero-order valence-corrected chi connectivity index (χ0v) is 10.3. The first kappa shape index (κ1) is 14.4. The topological polar surface area (TPSA) is 41.3 Å². The Morgan fingerprint density at radius 1 is 1.27 bits per heavy atom. The average Bonchev–Trinajstić information content (AvgIpc) is 2.28. The second kappa shape index (κ2) is 9.97. The predicted octanol–water partition coefficient (Wildman–Crippen LogP) is 1.35. The molecule has 3 N–H and O–H groups in total. The van der Waals surface area contributed by atoms with Gasteiger partial charge in [-0.2, -0.15) is 0 Å². The molecule has 0 aromatic carbocycles. The van der Waals surface area contributed by atoms with Gasteiger partial charge in [-0.3, -0.25) is 11.3 Å². The minimum absolute atomic E-state index is 0.395. The van der Waals surface area contributed by atoms with Crippen molar-refractivity contribution >= 4 is 0 Å². The van der Waals surface area contributed by atoms with E-state index in [9.17, 15) is 0 Å². The third kappa shape index (κ3) is 7.38. The van der Waals surface area contributed by atoms with E-state index in [2.05, 4.69) is 36.0 Å². The summed E-state index contributed by atoms with van der Waals surface area (Å²) in [5.74, 6) is 11.5. The lowest BCUT2D eigenvalue weighted by Gasteiger charge is -2.21. The summed E-state index contributed by atoms with van der Waals surface area (Å²) in [5, 5.41) is 0. The lowest BCUT2D eigenvalue weighted by atomic mass is 10.1. The van der Waals surface area contributed by atoms with Crippen molar-refractivity contribution < 1.29 is 0 Å². The van der Waals surface area contributed by atoms with E-state index in [0.29, 0.717) is 6.04 Å². The molecule has 0 rings (SSSR count). The maximum Gasteiger partial charge on any atom is 0.0231 e. The Hall–Kier alpha value is -0.560. The molecule has 0 saturated carbocycles. The average molecular weight is 211 g/mol. The number of hydrogen-bond donors (Lipinski definition) is 2. The van der Waals surface area contributed by atoms with E-state index in [4.69, 9.17) is 5.84 Å². The molecular weight excluding hydrogens is 186 g/mol. The van der Waals surface area contributed by atoms with Gasteiger partial charge in [-0.05, 0) is 39.4 Å². The molecule has 0 aliphatic carbocycles. The second-order valence-corrected chi connectivity index (χ2v) is 3.64. The predicted molar refractivity (Wildman–Crippen MR) is 66.2 cm³/mol. The highest BCUT2D eigenvalue weighted by Gasteiger charge is 2.07. The van der Waals surface area contributed by atoms with Crippen LogP contribution in [0.5, 0.6) is 0 Å². The van der Waals surface area contributed by atoms with Crippen molar-refractivity contribution in [3.63, 3.8) is 0 Å². The number of hydrogen-bond acceptors (Lipinski definition) is 3. The summed E-state index contributed by atoms with van der Waals surface area (Å²) in [6.07, 6.45) is 3.08. The summed E-state index contributed by atoms with van der Waals surface area (Å²) in [7, 11) is 0. The van der Waals surface area contributed by atoms with Crippen LogP contribution in [0.1, 0.15) is 40.0 Å². The van der Waals surface area contributed by atoms with Crippen LogP contribution in [-0.4, -0.2) is 30.6 Å². The third-order valence-corrected chi connectivity index (χ3v) is 2.72. The van der Waals surface area contributed by atoms with E-state index in [0.717, 1.165) is 38.9 Å². The summed E-state index contributed by atoms with van der Waals surface area (Å²) >= 11 is 0. The zero-order valence-electron chi connectivity index (χ0n) is 10.3. The van der Waals surface area contributed by atoms with E-state index >= 15 is 0 Å². The van der Waals surface area contributed by atoms with Gasteiger partial charge in [0.15, 0.2) is 0 Å². The molecule has 0 aromatic rings. The molecule has 3 nitrogen and oxygen atoms in total. The van der Waals surface area contributed by atoms with Crippen LogP contribution in [0.3, 0.4) is 0 Å². The maximum absolute atomic E-state index is 5.51. The van der Waals surface area contributed by atoms with E-state index in [1.54, 1.807) is 0 Å². The highest BCUT2D eigenvalue weighted by molar-refractivity contribution is 4.95. The van der Waals surface area contributed by atoms with E-state index < -0.39 is 0 Å². The fraction of sp³-hybridized carbons (Fsp3) is 0.833. The maximum atomic E-state index is 5.51. The van der Waals surface area contributed by atoms with Gasteiger partial charge in [0.05, 0.1) is 0 Å². The highest BCUT2D eigenvalue weighted by Crippen LogP contribution is 2.02. The van der Waals surface area contributed by atoms with Gasteiger partial charge in [0.1, 0.15) is 0 Å².